The Labute approximate surface area is 435 Å². The van der Waals surface area contributed by atoms with Gasteiger partial charge in [-0.3, -0.25) is 9.98 Å². The van der Waals surface area contributed by atoms with E-state index < -0.39 is 12.1 Å². The summed E-state index contributed by atoms with van der Waals surface area (Å²) in [6, 6.07) is 10.2. The molecule has 72 heavy (non-hydrogen) atoms. The van der Waals surface area contributed by atoms with E-state index >= 15 is 0 Å². The number of rotatable bonds is 34. The number of unbranched alkanes of at least 4 members (excludes halogenated alkanes) is 18. The number of hydrogen-bond acceptors (Lipinski definition) is 8. The number of nitrogens with one attached hydrogen (secondary N) is 4. The van der Waals surface area contributed by atoms with Crippen LogP contribution in [-0.2, 0) is 10.8 Å². The number of amides is 4. The minimum atomic E-state index is -0.408. The molecular weight excluding hydrogens is 901 g/mol. The highest BCUT2D eigenvalue weighted by Crippen LogP contribution is 2.42. The second-order valence-electron chi connectivity index (χ2n) is 21.6. The lowest BCUT2D eigenvalue weighted by atomic mass is 9.85. The van der Waals surface area contributed by atoms with Crippen LogP contribution in [0.2, 0.25) is 0 Å². The normalized spacial score (nSPS) is 11.9. The van der Waals surface area contributed by atoms with Crippen LogP contribution in [0, 0.1) is 0 Å². The van der Waals surface area contributed by atoms with Gasteiger partial charge in [-0.2, -0.15) is 0 Å². The first-order valence-corrected chi connectivity index (χ1v) is 27.9. The maximum Gasteiger partial charge on any atom is 0.319 e. The summed E-state index contributed by atoms with van der Waals surface area (Å²) in [5, 5.41) is 34.6. The average Bonchev–Trinajstić information content (AvgIpc) is 3.33. The van der Waals surface area contributed by atoms with Crippen molar-refractivity contribution in [2.24, 2.45) is 9.98 Å². The number of carbonyl (C=O) groups excluding carboxylic acids is 2. The van der Waals surface area contributed by atoms with Gasteiger partial charge in [-0.15, -0.1) is 0 Å². The highest BCUT2D eigenvalue weighted by atomic mass is 16.5. The maximum atomic E-state index is 12.9. The summed E-state index contributed by atoms with van der Waals surface area (Å²) in [6.07, 6.45) is 29.1. The van der Waals surface area contributed by atoms with Gasteiger partial charge in [0.2, 0.25) is 0 Å². The number of anilines is 2. The number of ether oxygens (including phenoxy) is 2. The van der Waals surface area contributed by atoms with Gasteiger partial charge in [0.1, 0.15) is 11.5 Å². The molecule has 0 unspecified atom stereocenters. The van der Waals surface area contributed by atoms with Crippen molar-refractivity contribution in [1.29, 1.82) is 0 Å². The molecule has 0 fully saturated rings. The van der Waals surface area contributed by atoms with Crippen molar-refractivity contribution in [2.75, 3.05) is 36.9 Å². The van der Waals surface area contributed by atoms with Gasteiger partial charge in [0.05, 0.1) is 36.0 Å². The van der Waals surface area contributed by atoms with E-state index in [0.29, 0.717) is 60.3 Å². The fourth-order valence-electron chi connectivity index (χ4n) is 8.17. The molecule has 402 valence electrons. The number of urea groups is 2. The second kappa shape index (κ2) is 33.5. The van der Waals surface area contributed by atoms with Crippen molar-refractivity contribution in [1.82, 2.24) is 10.6 Å². The molecule has 4 amide bonds. The van der Waals surface area contributed by atoms with Crippen molar-refractivity contribution in [2.45, 2.75) is 221 Å². The first-order valence-electron chi connectivity index (χ1n) is 27.9. The largest absolute Gasteiger partial charge is 0.505 e. The summed E-state index contributed by atoms with van der Waals surface area (Å²) < 4.78 is 13.1. The Balaban J connectivity index is 2.12. The van der Waals surface area contributed by atoms with E-state index in [2.05, 4.69) is 76.7 Å². The molecule has 0 heterocycles. The molecule has 12 nitrogen and oxygen atoms in total. The molecule has 0 saturated carbocycles. The van der Waals surface area contributed by atoms with E-state index in [0.717, 1.165) is 49.7 Å². The fourth-order valence-corrected chi connectivity index (χ4v) is 8.17. The van der Waals surface area contributed by atoms with Crippen LogP contribution in [0.1, 0.15) is 233 Å². The topological polar surface area (TPSA) is 166 Å². The van der Waals surface area contributed by atoms with Gasteiger partial charge < -0.3 is 41.0 Å². The lowest BCUT2D eigenvalue weighted by Gasteiger charge is -2.22. The van der Waals surface area contributed by atoms with E-state index in [1.807, 2.05) is 38.1 Å². The Morgan fingerprint density at radius 2 is 0.792 bits per heavy atom. The standard InChI is InChI=1S/C60H96N6O6/c1-11-15-17-19-21-23-25-27-29-31-35-71-53-41-49(63-43-45-37-47(59(5,6)7)39-51(55(45)67)65-57(69)61-33-13-3)50(42-54(53)72-36-32-30-28-26-24-22-20-18-16-12-2)64-44-46-38-48(60(8,9)10)40-52(56(46)68)66-58(70)62-34-14-4/h37-44,67-68H,11-36H2,1-10H3,(H2,61,65,69)(H2,62,66,70). The van der Waals surface area contributed by atoms with Gasteiger partial charge in [0.15, 0.2) is 11.5 Å². The SMILES string of the molecule is CCCCCCCCCCCCOc1cc(N=Cc2cc(C(C)(C)C)cc(NC(=O)NCCC)c2O)c(N=Cc2cc(C(C)(C)C)cc(NC(=O)NCCC)c2O)cc1OCCCCCCCCCCCC. The van der Waals surface area contributed by atoms with Crippen molar-refractivity contribution in [3.05, 3.63) is 58.7 Å². The van der Waals surface area contributed by atoms with Crippen LogP contribution >= 0.6 is 0 Å². The van der Waals surface area contributed by atoms with Gasteiger partial charge in [-0.05, 0) is 71.9 Å². The Hall–Kier alpha value is -5.26. The van der Waals surface area contributed by atoms with E-state index in [1.54, 1.807) is 24.6 Å². The predicted octanol–water partition coefficient (Wildman–Crippen LogP) is 16.9. The number of nitrogens with zero attached hydrogens (tertiary/aromatic N) is 2. The molecule has 3 aromatic carbocycles. The quantitative estimate of drug-likeness (QED) is 0.0198. The summed E-state index contributed by atoms with van der Waals surface area (Å²) in [7, 11) is 0. The highest BCUT2D eigenvalue weighted by molar-refractivity contribution is 5.98. The van der Waals surface area contributed by atoms with Crippen LogP contribution in [0.3, 0.4) is 0 Å². The molecule has 0 aliphatic heterocycles. The monoisotopic (exact) mass is 997 g/mol. The highest BCUT2D eigenvalue weighted by Gasteiger charge is 2.22. The fraction of sp³-hybridized carbons (Fsp3) is 0.633. The molecule has 0 aliphatic rings. The third-order valence-electron chi connectivity index (χ3n) is 12.8. The third-order valence-corrected chi connectivity index (χ3v) is 12.8. The second-order valence-corrected chi connectivity index (χ2v) is 21.6. The van der Waals surface area contributed by atoms with Crippen LogP contribution in [-0.4, -0.2) is 61.0 Å². The number of phenolic OH excluding ortho intramolecular Hbond substituents is 2. The van der Waals surface area contributed by atoms with Gasteiger partial charge >= 0.3 is 12.1 Å². The summed E-state index contributed by atoms with van der Waals surface area (Å²) in [4.78, 5) is 35.7. The number of benzene rings is 3. The first-order chi connectivity index (χ1) is 34.5. The molecule has 3 rings (SSSR count). The first kappa shape index (κ1) is 61.0. The Kier molecular flexibility index (Phi) is 28.4. The molecule has 0 aliphatic carbocycles. The molecule has 12 heteroatoms. The van der Waals surface area contributed by atoms with Crippen LogP contribution in [0.5, 0.6) is 23.0 Å². The van der Waals surface area contributed by atoms with E-state index in [1.165, 1.54) is 103 Å². The van der Waals surface area contributed by atoms with Gasteiger partial charge in [-0.1, -0.05) is 185 Å². The summed E-state index contributed by atoms with van der Waals surface area (Å²) in [5.41, 5.74) is 3.38. The molecule has 0 bridgehead atoms. The van der Waals surface area contributed by atoms with Crippen LogP contribution in [0.25, 0.3) is 0 Å². The van der Waals surface area contributed by atoms with E-state index in [4.69, 9.17) is 19.5 Å². The average molecular weight is 997 g/mol. The number of aliphatic imine (C=N–C) groups is 2. The lowest BCUT2D eigenvalue weighted by molar-refractivity contribution is 0.251. The van der Waals surface area contributed by atoms with Crippen LogP contribution in [0.15, 0.2) is 46.4 Å². The summed E-state index contributed by atoms with van der Waals surface area (Å²) in [6.45, 7) is 22.9. The molecule has 0 radical (unpaired) electrons. The van der Waals surface area contributed by atoms with E-state index in [-0.39, 0.29) is 33.7 Å². The van der Waals surface area contributed by atoms with Crippen LogP contribution in [0.4, 0.5) is 32.3 Å². The molecule has 3 aromatic rings. The summed E-state index contributed by atoms with van der Waals surface area (Å²) >= 11 is 0. The zero-order valence-electron chi connectivity index (χ0n) is 46.4. The molecule has 6 N–H and O–H groups in total. The van der Waals surface area contributed by atoms with Crippen molar-refractivity contribution >= 4 is 47.2 Å². The maximum absolute atomic E-state index is 12.9. The van der Waals surface area contributed by atoms with Gasteiger partial charge in [0, 0.05) is 48.8 Å². The number of aromatic hydroxyl groups is 2. The van der Waals surface area contributed by atoms with E-state index in [9.17, 15) is 19.8 Å². The Morgan fingerprint density at radius 3 is 1.10 bits per heavy atom. The van der Waals surface area contributed by atoms with Gasteiger partial charge in [-0.25, -0.2) is 9.59 Å². The summed E-state index contributed by atoms with van der Waals surface area (Å²) in [5.74, 6) is 0.858. The minimum absolute atomic E-state index is 0.121. The number of hydrogen-bond donors (Lipinski definition) is 6. The molecule has 0 atom stereocenters. The van der Waals surface area contributed by atoms with Crippen LogP contribution < -0.4 is 30.7 Å². The van der Waals surface area contributed by atoms with Crippen molar-refractivity contribution in [3.63, 3.8) is 0 Å². The molecule has 0 saturated heterocycles. The zero-order chi connectivity index (χ0) is 52.8. The third kappa shape index (κ3) is 23.1. The Bertz CT molecular complexity index is 1970. The van der Waals surface area contributed by atoms with Crippen molar-refractivity contribution in [3.8, 4) is 23.0 Å². The van der Waals surface area contributed by atoms with Crippen molar-refractivity contribution < 1.29 is 29.3 Å². The number of phenols is 2. The molecule has 0 aromatic heterocycles. The van der Waals surface area contributed by atoms with Gasteiger partial charge in [0.25, 0.3) is 0 Å². The lowest BCUT2D eigenvalue weighted by Crippen LogP contribution is -2.29. The molecule has 0 spiro atoms. The zero-order valence-corrected chi connectivity index (χ0v) is 46.4. The molecular formula is C60H96N6O6. The number of carbonyl (C=O) groups is 2. The predicted molar refractivity (Wildman–Crippen MR) is 304 cm³/mol. The Morgan fingerprint density at radius 1 is 0.472 bits per heavy atom. The minimum Gasteiger partial charge on any atom is -0.505 e. The smallest absolute Gasteiger partial charge is 0.319 e.